The Bertz CT molecular complexity index is 552. The van der Waals surface area contributed by atoms with Crippen LogP contribution in [-0.4, -0.2) is 38.2 Å². The molecule has 0 saturated heterocycles. The van der Waals surface area contributed by atoms with Crippen LogP contribution in [0.4, 0.5) is 0 Å². The first kappa shape index (κ1) is 16.4. The Morgan fingerprint density at radius 2 is 2.21 bits per heavy atom. The van der Waals surface area contributed by atoms with Crippen LogP contribution in [0.2, 0.25) is 4.34 Å². The van der Waals surface area contributed by atoms with Gasteiger partial charge in [-0.3, -0.25) is 0 Å². The second kappa shape index (κ2) is 6.19. The molecular formula is C10H14ClNO5S2. The number of carbonyl (C=O) groups excluding carboxylic acids is 1. The first-order chi connectivity index (χ1) is 8.69. The standard InChI is InChI=1S/C10H14ClNO5S2/c1-3-17-9(13)10(2,14)6-12-19(15,16)8-5-4-7(11)18-8/h4-5,12,14H,3,6H2,1-2H3/t10-/m0/s1. The topological polar surface area (TPSA) is 92.7 Å². The van der Waals surface area contributed by atoms with Gasteiger partial charge in [-0.1, -0.05) is 11.6 Å². The molecule has 1 atom stereocenters. The molecule has 1 aromatic rings. The van der Waals surface area contributed by atoms with Crippen LogP contribution in [0.1, 0.15) is 13.8 Å². The van der Waals surface area contributed by atoms with Gasteiger partial charge in [0.05, 0.1) is 17.5 Å². The fourth-order valence-electron chi connectivity index (χ4n) is 1.11. The van der Waals surface area contributed by atoms with Crippen molar-refractivity contribution in [1.82, 2.24) is 4.72 Å². The second-order valence-electron chi connectivity index (χ2n) is 3.88. The monoisotopic (exact) mass is 327 g/mol. The third-order valence-electron chi connectivity index (χ3n) is 2.13. The van der Waals surface area contributed by atoms with Crippen molar-refractivity contribution in [3.63, 3.8) is 0 Å². The van der Waals surface area contributed by atoms with Crippen LogP contribution in [-0.2, 0) is 19.6 Å². The van der Waals surface area contributed by atoms with Gasteiger partial charge in [0, 0.05) is 0 Å². The molecule has 0 fully saturated rings. The quantitative estimate of drug-likeness (QED) is 0.760. The highest BCUT2D eigenvalue weighted by Gasteiger charge is 2.33. The van der Waals surface area contributed by atoms with Crippen LogP contribution in [0.15, 0.2) is 16.3 Å². The molecule has 2 N–H and O–H groups in total. The Balaban J connectivity index is 2.73. The Morgan fingerprint density at radius 3 is 2.68 bits per heavy atom. The van der Waals surface area contributed by atoms with Crippen LogP contribution in [0.5, 0.6) is 0 Å². The zero-order chi connectivity index (χ0) is 14.7. The van der Waals surface area contributed by atoms with Crippen molar-refractivity contribution in [2.45, 2.75) is 23.7 Å². The minimum atomic E-state index is -3.80. The highest BCUT2D eigenvalue weighted by atomic mass is 35.5. The number of carbonyl (C=O) groups is 1. The van der Waals surface area contributed by atoms with Crippen LogP contribution < -0.4 is 4.72 Å². The summed E-state index contributed by atoms with van der Waals surface area (Å²) in [4.78, 5) is 11.4. The molecule has 6 nitrogen and oxygen atoms in total. The van der Waals surface area contributed by atoms with E-state index in [-0.39, 0.29) is 10.8 Å². The van der Waals surface area contributed by atoms with E-state index in [0.717, 1.165) is 11.3 Å². The molecule has 0 aliphatic heterocycles. The average Bonchev–Trinajstić information content (AvgIpc) is 2.75. The summed E-state index contributed by atoms with van der Waals surface area (Å²) in [7, 11) is -3.80. The molecular weight excluding hydrogens is 314 g/mol. The van der Waals surface area contributed by atoms with Gasteiger partial charge in [-0.05, 0) is 26.0 Å². The number of halogens is 1. The molecule has 0 radical (unpaired) electrons. The minimum Gasteiger partial charge on any atom is -0.464 e. The number of thiophene rings is 1. The highest BCUT2D eigenvalue weighted by Crippen LogP contribution is 2.25. The maximum absolute atomic E-state index is 11.9. The van der Waals surface area contributed by atoms with Crippen LogP contribution in [0.3, 0.4) is 0 Å². The van der Waals surface area contributed by atoms with E-state index in [1.54, 1.807) is 6.92 Å². The number of ether oxygens (including phenoxy) is 1. The molecule has 0 bridgehead atoms. The predicted molar refractivity (Wildman–Crippen MR) is 71.8 cm³/mol. The lowest BCUT2D eigenvalue weighted by molar-refractivity contribution is -0.162. The Labute approximate surface area is 120 Å². The molecule has 0 unspecified atom stereocenters. The fourth-order valence-corrected chi connectivity index (χ4v) is 3.77. The van der Waals surface area contributed by atoms with Gasteiger partial charge in [-0.25, -0.2) is 17.9 Å². The van der Waals surface area contributed by atoms with E-state index in [4.69, 9.17) is 11.6 Å². The van der Waals surface area contributed by atoms with E-state index in [0.29, 0.717) is 4.34 Å². The molecule has 0 aromatic carbocycles. The van der Waals surface area contributed by atoms with Crippen LogP contribution in [0, 0.1) is 0 Å². The smallest absolute Gasteiger partial charge is 0.339 e. The summed E-state index contributed by atoms with van der Waals surface area (Å²) in [5, 5.41) is 9.81. The molecule has 9 heteroatoms. The molecule has 0 spiro atoms. The number of rotatable bonds is 6. The summed E-state index contributed by atoms with van der Waals surface area (Å²) in [5.74, 6) is -0.887. The van der Waals surface area contributed by atoms with E-state index >= 15 is 0 Å². The highest BCUT2D eigenvalue weighted by molar-refractivity contribution is 7.91. The average molecular weight is 328 g/mol. The SMILES string of the molecule is CCOC(=O)[C@@](C)(O)CNS(=O)(=O)c1ccc(Cl)s1. The molecule has 1 rings (SSSR count). The van der Waals surface area contributed by atoms with Gasteiger partial charge in [0.25, 0.3) is 0 Å². The van der Waals surface area contributed by atoms with Gasteiger partial charge >= 0.3 is 5.97 Å². The molecule has 0 aliphatic carbocycles. The van der Waals surface area contributed by atoms with Crippen LogP contribution in [0.25, 0.3) is 0 Å². The predicted octanol–water partition coefficient (Wildman–Crippen LogP) is 0.994. The van der Waals surface area contributed by atoms with Crippen molar-refractivity contribution in [3.05, 3.63) is 16.5 Å². The number of sulfonamides is 1. The summed E-state index contributed by atoms with van der Waals surface area (Å²) in [6.07, 6.45) is 0. The molecule has 0 amide bonds. The van der Waals surface area contributed by atoms with Gasteiger partial charge in [0.1, 0.15) is 4.21 Å². The van der Waals surface area contributed by atoms with E-state index in [1.807, 2.05) is 0 Å². The van der Waals surface area contributed by atoms with Crippen molar-refractivity contribution >= 4 is 38.9 Å². The Hall–Kier alpha value is -0.670. The summed E-state index contributed by atoms with van der Waals surface area (Å²) in [6, 6.07) is 2.79. The van der Waals surface area contributed by atoms with Crippen molar-refractivity contribution in [2.75, 3.05) is 13.2 Å². The minimum absolute atomic E-state index is 0.0113. The first-order valence-electron chi connectivity index (χ1n) is 5.33. The van der Waals surface area contributed by atoms with Gasteiger partial charge in [0.15, 0.2) is 5.60 Å². The normalized spacial score (nSPS) is 14.9. The number of aliphatic hydroxyl groups is 1. The third kappa shape index (κ3) is 4.43. The van der Waals surface area contributed by atoms with E-state index < -0.39 is 28.1 Å². The number of esters is 1. The van der Waals surface area contributed by atoms with Crippen molar-refractivity contribution in [3.8, 4) is 0 Å². The largest absolute Gasteiger partial charge is 0.464 e. The zero-order valence-corrected chi connectivity index (χ0v) is 12.7. The van der Waals surface area contributed by atoms with E-state index in [1.165, 1.54) is 19.1 Å². The second-order valence-corrected chi connectivity index (χ2v) is 7.59. The lowest BCUT2D eigenvalue weighted by Gasteiger charge is -2.20. The zero-order valence-electron chi connectivity index (χ0n) is 10.3. The Kier molecular flexibility index (Phi) is 5.34. The molecule has 0 saturated carbocycles. The number of hydrogen-bond acceptors (Lipinski definition) is 6. The lowest BCUT2D eigenvalue weighted by atomic mass is 10.1. The van der Waals surface area contributed by atoms with E-state index in [9.17, 15) is 18.3 Å². The van der Waals surface area contributed by atoms with Crippen molar-refractivity contribution in [2.24, 2.45) is 0 Å². The summed E-state index contributed by atoms with van der Waals surface area (Å²) < 4.78 is 30.8. The molecule has 108 valence electrons. The fraction of sp³-hybridized carbons (Fsp3) is 0.500. The molecule has 0 aliphatic rings. The van der Waals surface area contributed by atoms with Gasteiger partial charge in [-0.15, -0.1) is 11.3 Å². The number of hydrogen-bond donors (Lipinski definition) is 2. The first-order valence-corrected chi connectivity index (χ1v) is 8.01. The molecule has 1 heterocycles. The summed E-state index contributed by atoms with van der Waals surface area (Å²) >= 11 is 6.53. The maximum Gasteiger partial charge on any atom is 0.339 e. The lowest BCUT2D eigenvalue weighted by Crippen LogP contribution is -2.47. The summed E-state index contributed by atoms with van der Waals surface area (Å²) in [6.45, 7) is 2.38. The Morgan fingerprint density at radius 1 is 1.58 bits per heavy atom. The summed E-state index contributed by atoms with van der Waals surface area (Å²) in [5.41, 5.74) is -1.93. The number of nitrogens with one attached hydrogen (secondary N) is 1. The van der Waals surface area contributed by atoms with Gasteiger partial charge < -0.3 is 9.84 Å². The molecule has 1 aromatic heterocycles. The van der Waals surface area contributed by atoms with Crippen LogP contribution >= 0.6 is 22.9 Å². The van der Waals surface area contributed by atoms with E-state index in [2.05, 4.69) is 9.46 Å². The van der Waals surface area contributed by atoms with Gasteiger partial charge in [0.2, 0.25) is 10.0 Å². The maximum atomic E-state index is 11.9. The van der Waals surface area contributed by atoms with Crippen molar-refractivity contribution < 1.29 is 23.1 Å². The molecule has 19 heavy (non-hydrogen) atoms. The van der Waals surface area contributed by atoms with Crippen molar-refractivity contribution in [1.29, 1.82) is 0 Å². The third-order valence-corrected chi connectivity index (χ3v) is 5.26. The van der Waals surface area contributed by atoms with Gasteiger partial charge in [-0.2, -0.15) is 0 Å².